The smallest absolute Gasteiger partial charge is 0.246 e. The van der Waals surface area contributed by atoms with Crippen molar-refractivity contribution in [3.05, 3.63) is 0 Å². The second-order valence-electron chi connectivity index (χ2n) is 4.99. The Morgan fingerprint density at radius 1 is 0.640 bits per heavy atom. The first-order valence-electron chi connectivity index (χ1n) is 8.75. The van der Waals surface area contributed by atoms with Gasteiger partial charge >= 0.3 is 0 Å². The highest BCUT2D eigenvalue weighted by atomic mass is 16.5. The summed E-state index contributed by atoms with van der Waals surface area (Å²) in [6.07, 6.45) is 0. The van der Waals surface area contributed by atoms with Crippen LogP contribution >= 0.6 is 0 Å². The molecule has 0 aromatic carbocycles. The van der Waals surface area contributed by atoms with Gasteiger partial charge in [0.1, 0.15) is 13.2 Å². The molecule has 0 aromatic heterocycles. The van der Waals surface area contributed by atoms with Crippen molar-refractivity contribution in [1.82, 2.24) is 16.0 Å². The van der Waals surface area contributed by atoms with E-state index in [4.69, 9.17) is 18.9 Å². The summed E-state index contributed by atoms with van der Waals surface area (Å²) in [5.74, 6) is -0.332. The number of carbonyl (C=O) groups excluding carboxylic acids is 2. The molecule has 0 atom stereocenters. The quantitative estimate of drug-likeness (QED) is 0.266. The van der Waals surface area contributed by atoms with Crippen LogP contribution < -0.4 is 16.0 Å². The molecule has 0 spiro atoms. The van der Waals surface area contributed by atoms with Gasteiger partial charge in [0.05, 0.1) is 39.6 Å². The number of nitrogens with one attached hydrogen (secondary N) is 3. The number of rotatable bonds is 18. The van der Waals surface area contributed by atoms with Crippen LogP contribution in [0.3, 0.4) is 0 Å². The molecule has 148 valence electrons. The molecular formula is C16H33N3O6. The molecule has 0 saturated heterocycles. The maximum absolute atomic E-state index is 11.5. The fraction of sp³-hybridized carbons (Fsp3) is 0.875. The molecule has 0 fully saturated rings. The van der Waals surface area contributed by atoms with Crippen molar-refractivity contribution < 1.29 is 28.5 Å². The predicted octanol–water partition coefficient (Wildman–Crippen LogP) is -1.09. The van der Waals surface area contributed by atoms with Gasteiger partial charge in [-0.25, -0.2) is 0 Å². The minimum absolute atomic E-state index is 0.00617. The van der Waals surface area contributed by atoms with Crippen LogP contribution in [0.2, 0.25) is 0 Å². The molecule has 0 saturated carbocycles. The molecule has 0 aromatic rings. The Morgan fingerprint density at radius 3 is 1.72 bits per heavy atom. The maximum atomic E-state index is 11.5. The molecule has 0 aliphatic rings. The normalized spacial score (nSPS) is 10.6. The fourth-order valence-electron chi connectivity index (χ4n) is 1.65. The van der Waals surface area contributed by atoms with E-state index in [1.54, 1.807) is 0 Å². The zero-order chi connectivity index (χ0) is 18.6. The van der Waals surface area contributed by atoms with Crippen molar-refractivity contribution in [3.8, 4) is 0 Å². The van der Waals surface area contributed by atoms with Crippen LogP contribution in [0, 0.1) is 0 Å². The molecule has 0 bridgehead atoms. The van der Waals surface area contributed by atoms with E-state index in [-0.39, 0.29) is 25.0 Å². The fourth-order valence-corrected chi connectivity index (χ4v) is 1.65. The van der Waals surface area contributed by atoms with Gasteiger partial charge in [0.2, 0.25) is 11.8 Å². The van der Waals surface area contributed by atoms with Crippen molar-refractivity contribution in [2.24, 2.45) is 0 Å². The first kappa shape index (κ1) is 23.7. The Labute approximate surface area is 150 Å². The number of likely N-dealkylation sites (N-methyl/N-ethyl adjacent to an activating group) is 2. The summed E-state index contributed by atoms with van der Waals surface area (Å²) in [6.45, 7) is 9.22. The van der Waals surface area contributed by atoms with E-state index < -0.39 is 0 Å². The predicted molar refractivity (Wildman–Crippen MR) is 93.5 cm³/mol. The molecular weight excluding hydrogens is 330 g/mol. The topological polar surface area (TPSA) is 107 Å². The summed E-state index contributed by atoms with van der Waals surface area (Å²) in [7, 11) is 0. The third kappa shape index (κ3) is 18.9. The maximum Gasteiger partial charge on any atom is 0.246 e. The Bertz CT molecular complexity index is 331. The number of hydrogen-bond donors (Lipinski definition) is 3. The third-order valence-electron chi connectivity index (χ3n) is 2.83. The lowest BCUT2D eigenvalue weighted by molar-refractivity contribution is -0.127. The summed E-state index contributed by atoms with van der Waals surface area (Å²) in [4.78, 5) is 22.6. The Hall–Kier alpha value is -1.26. The van der Waals surface area contributed by atoms with Crippen LogP contribution in [0.1, 0.15) is 13.8 Å². The molecule has 3 N–H and O–H groups in total. The van der Waals surface area contributed by atoms with Crippen molar-refractivity contribution in [1.29, 1.82) is 0 Å². The van der Waals surface area contributed by atoms with Gasteiger partial charge in [-0.3, -0.25) is 9.59 Å². The largest absolute Gasteiger partial charge is 0.378 e. The lowest BCUT2D eigenvalue weighted by Crippen LogP contribution is -2.31. The minimum atomic E-state index is -0.191. The van der Waals surface area contributed by atoms with Gasteiger partial charge in [-0.05, 0) is 13.5 Å². The van der Waals surface area contributed by atoms with Crippen molar-refractivity contribution in [2.45, 2.75) is 13.8 Å². The van der Waals surface area contributed by atoms with Crippen molar-refractivity contribution in [3.63, 3.8) is 0 Å². The van der Waals surface area contributed by atoms with Gasteiger partial charge in [-0.1, -0.05) is 6.92 Å². The zero-order valence-corrected chi connectivity index (χ0v) is 15.4. The van der Waals surface area contributed by atoms with E-state index in [1.807, 2.05) is 13.8 Å². The number of hydrogen-bond acceptors (Lipinski definition) is 7. The van der Waals surface area contributed by atoms with Crippen molar-refractivity contribution >= 4 is 11.8 Å². The highest BCUT2D eigenvalue weighted by molar-refractivity contribution is 5.77. The molecule has 9 nitrogen and oxygen atoms in total. The van der Waals surface area contributed by atoms with E-state index in [0.717, 1.165) is 13.1 Å². The van der Waals surface area contributed by atoms with Gasteiger partial charge in [-0.2, -0.15) is 0 Å². The van der Waals surface area contributed by atoms with Gasteiger partial charge in [0, 0.05) is 19.6 Å². The van der Waals surface area contributed by atoms with Crippen LogP contribution in [-0.4, -0.2) is 90.8 Å². The van der Waals surface area contributed by atoms with Gasteiger partial charge < -0.3 is 34.9 Å². The third-order valence-corrected chi connectivity index (χ3v) is 2.83. The molecule has 0 rings (SSSR count). The van der Waals surface area contributed by atoms with E-state index in [0.29, 0.717) is 52.7 Å². The SMILES string of the molecule is CCNCCOCCOCC(=O)NCCOCCOCC(=O)NCC. The molecule has 2 amide bonds. The standard InChI is InChI=1S/C16H33N3O6/c1-3-17-5-7-22-9-11-25-14-16(21)19-6-8-23-10-12-24-13-15(20)18-4-2/h17H,3-14H2,1-2H3,(H,18,20)(H,19,21). The summed E-state index contributed by atoms with van der Waals surface area (Å²) >= 11 is 0. The van der Waals surface area contributed by atoms with Crippen LogP contribution in [0.4, 0.5) is 0 Å². The highest BCUT2D eigenvalue weighted by Crippen LogP contribution is 1.81. The van der Waals surface area contributed by atoms with E-state index in [2.05, 4.69) is 16.0 Å². The van der Waals surface area contributed by atoms with Crippen LogP contribution in [0.25, 0.3) is 0 Å². The Balaban J connectivity index is 3.21. The van der Waals surface area contributed by atoms with E-state index >= 15 is 0 Å². The molecule has 0 radical (unpaired) electrons. The molecule has 0 aliphatic carbocycles. The number of carbonyl (C=O) groups is 2. The molecule has 9 heteroatoms. The van der Waals surface area contributed by atoms with Gasteiger partial charge in [0.15, 0.2) is 0 Å². The first-order valence-corrected chi connectivity index (χ1v) is 8.75. The second-order valence-corrected chi connectivity index (χ2v) is 4.99. The van der Waals surface area contributed by atoms with E-state index in [9.17, 15) is 9.59 Å². The average molecular weight is 363 g/mol. The highest BCUT2D eigenvalue weighted by Gasteiger charge is 2.01. The molecule has 25 heavy (non-hydrogen) atoms. The number of ether oxygens (including phenoxy) is 4. The van der Waals surface area contributed by atoms with E-state index in [1.165, 1.54) is 0 Å². The second kappa shape index (κ2) is 19.1. The van der Waals surface area contributed by atoms with Crippen LogP contribution in [-0.2, 0) is 28.5 Å². The summed E-state index contributed by atoms with van der Waals surface area (Å²) in [6, 6.07) is 0. The van der Waals surface area contributed by atoms with Crippen LogP contribution in [0.15, 0.2) is 0 Å². The molecule has 0 unspecified atom stereocenters. The lowest BCUT2D eigenvalue weighted by Gasteiger charge is -2.08. The average Bonchev–Trinajstić information content (AvgIpc) is 2.59. The zero-order valence-electron chi connectivity index (χ0n) is 15.4. The van der Waals surface area contributed by atoms with Crippen LogP contribution in [0.5, 0.6) is 0 Å². The lowest BCUT2D eigenvalue weighted by atomic mass is 10.5. The van der Waals surface area contributed by atoms with Crippen molar-refractivity contribution in [2.75, 3.05) is 79.0 Å². The Morgan fingerprint density at radius 2 is 1.16 bits per heavy atom. The Kier molecular flexibility index (Phi) is 18.1. The minimum Gasteiger partial charge on any atom is -0.378 e. The van der Waals surface area contributed by atoms with Gasteiger partial charge in [-0.15, -0.1) is 0 Å². The molecule has 0 aliphatic heterocycles. The first-order chi connectivity index (χ1) is 12.2. The number of amides is 2. The summed E-state index contributed by atoms with van der Waals surface area (Å²) < 4.78 is 20.9. The molecule has 0 heterocycles. The monoisotopic (exact) mass is 363 g/mol. The van der Waals surface area contributed by atoms with Gasteiger partial charge in [0.25, 0.3) is 0 Å². The summed E-state index contributed by atoms with van der Waals surface area (Å²) in [5, 5.41) is 8.46. The summed E-state index contributed by atoms with van der Waals surface area (Å²) in [5.41, 5.74) is 0.